The first-order valence-corrected chi connectivity index (χ1v) is 8.45. The van der Waals surface area contributed by atoms with Crippen LogP contribution < -0.4 is 5.73 Å². The number of ether oxygens (including phenoxy) is 1. The summed E-state index contributed by atoms with van der Waals surface area (Å²) in [5.74, 6) is 0.746. The largest absolute Gasteiger partial charge is 0.380 e. The zero-order valence-corrected chi connectivity index (χ0v) is 13.6. The van der Waals surface area contributed by atoms with Crippen molar-refractivity contribution in [3.05, 3.63) is 0 Å². The number of nitrogens with two attached hydrogens (primary N) is 1. The average molecular weight is 285 g/mol. The van der Waals surface area contributed by atoms with Crippen LogP contribution in [0.2, 0.25) is 0 Å². The van der Waals surface area contributed by atoms with Crippen LogP contribution in [0.1, 0.15) is 39.5 Å². The van der Waals surface area contributed by atoms with E-state index in [4.69, 9.17) is 10.5 Å². The summed E-state index contributed by atoms with van der Waals surface area (Å²) in [5, 5.41) is 0. The van der Waals surface area contributed by atoms with E-state index in [0.29, 0.717) is 0 Å². The average Bonchev–Trinajstić information content (AvgIpc) is 2.64. The molecule has 1 rings (SSSR count). The summed E-state index contributed by atoms with van der Waals surface area (Å²) < 4.78 is 5.73. The van der Waals surface area contributed by atoms with Crippen molar-refractivity contribution in [1.82, 2.24) is 9.80 Å². The molecule has 2 N–H and O–H groups in total. The minimum atomic E-state index is 0.746. The molecule has 0 aromatic heterocycles. The van der Waals surface area contributed by atoms with Crippen LogP contribution in [-0.2, 0) is 4.74 Å². The van der Waals surface area contributed by atoms with Gasteiger partial charge in [-0.1, -0.05) is 13.8 Å². The molecule has 0 bridgehead atoms. The summed E-state index contributed by atoms with van der Waals surface area (Å²) in [7, 11) is 0. The Morgan fingerprint density at radius 2 is 1.65 bits per heavy atom. The normalized spacial score (nSPS) is 18.6. The molecule has 1 saturated heterocycles. The summed E-state index contributed by atoms with van der Waals surface area (Å²) in [6, 6.07) is 0. The lowest BCUT2D eigenvalue weighted by molar-refractivity contribution is 0.0969. The van der Waals surface area contributed by atoms with Gasteiger partial charge in [-0.15, -0.1) is 0 Å². The second kappa shape index (κ2) is 11.5. The van der Waals surface area contributed by atoms with Crippen molar-refractivity contribution in [2.24, 2.45) is 11.7 Å². The molecule has 0 amide bonds. The molecule has 0 saturated carbocycles. The van der Waals surface area contributed by atoms with E-state index in [2.05, 4.69) is 23.6 Å². The standard InChI is InChI=1S/C16H35N3O/c1-16(2)6-14-20-15-13-19-10-5-9-18(11-12-19)8-4-3-7-17/h16H,3-15,17H2,1-2H3. The van der Waals surface area contributed by atoms with Gasteiger partial charge in [0.05, 0.1) is 6.61 Å². The van der Waals surface area contributed by atoms with Crippen molar-refractivity contribution in [3.8, 4) is 0 Å². The highest BCUT2D eigenvalue weighted by atomic mass is 16.5. The number of hydrogen-bond acceptors (Lipinski definition) is 4. The van der Waals surface area contributed by atoms with Gasteiger partial charge in [-0.05, 0) is 57.8 Å². The van der Waals surface area contributed by atoms with Crippen molar-refractivity contribution < 1.29 is 4.74 Å². The van der Waals surface area contributed by atoms with Gasteiger partial charge in [0.25, 0.3) is 0 Å². The van der Waals surface area contributed by atoms with Gasteiger partial charge in [0.2, 0.25) is 0 Å². The molecule has 4 nitrogen and oxygen atoms in total. The van der Waals surface area contributed by atoms with Crippen molar-refractivity contribution in [2.45, 2.75) is 39.5 Å². The highest BCUT2D eigenvalue weighted by Crippen LogP contribution is 2.05. The van der Waals surface area contributed by atoms with Gasteiger partial charge in [0.1, 0.15) is 0 Å². The first-order chi connectivity index (χ1) is 9.72. The molecule has 20 heavy (non-hydrogen) atoms. The highest BCUT2D eigenvalue weighted by Gasteiger charge is 2.13. The first kappa shape index (κ1) is 17.9. The molecule has 0 spiro atoms. The van der Waals surface area contributed by atoms with Gasteiger partial charge < -0.3 is 15.4 Å². The van der Waals surface area contributed by atoms with Crippen molar-refractivity contribution in [1.29, 1.82) is 0 Å². The lowest BCUT2D eigenvalue weighted by atomic mass is 10.1. The van der Waals surface area contributed by atoms with Gasteiger partial charge >= 0.3 is 0 Å². The Morgan fingerprint density at radius 1 is 0.950 bits per heavy atom. The van der Waals surface area contributed by atoms with E-state index < -0.39 is 0 Å². The fraction of sp³-hybridized carbons (Fsp3) is 1.00. The third kappa shape index (κ3) is 8.90. The maximum Gasteiger partial charge on any atom is 0.0593 e. The lowest BCUT2D eigenvalue weighted by Crippen LogP contribution is -2.33. The molecule has 0 aromatic carbocycles. The van der Waals surface area contributed by atoms with Crippen LogP contribution in [-0.4, -0.2) is 68.8 Å². The van der Waals surface area contributed by atoms with Crippen molar-refractivity contribution >= 4 is 0 Å². The smallest absolute Gasteiger partial charge is 0.0593 e. The van der Waals surface area contributed by atoms with Gasteiger partial charge in [0, 0.05) is 26.2 Å². The minimum Gasteiger partial charge on any atom is -0.380 e. The molecule has 1 aliphatic rings. The van der Waals surface area contributed by atoms with Crippen LogP contribution in [0.3, 0.4) is 0 Å². The van der Waals surface area contributed by atoms with E-state index in [9.17, 15) is 0 Å². The van der Waals surface area contributed by atoms with Crippen molar-refractivity contribution in [3.63, 3.8) is 0 Å². The predicted molar refractivity (Wildman–Crippen MR) is 86.1 cm³/mol. The Labute approximate surface area is 125 Å². The van der Waals surface area contributed by atoms with E-state index in [1.54, 1.807) is 0 Å². The number of unbranched alkanes of at least 4 members (excludes halogenated alkanes) is 1. The molecule has 0 radical (unpaired) electrons. The molecule has 1 aliphatic heterocycles. The topological polar surface area (TPSA) is 41.7 Å². The molecule has 0 aliphatic carbocycles. The van der Waals surface area contributed by atoms with E-state index in [0.717, 1.165) is 38.6 Å². The third-order valence-corrected chi connectivity index (χ3v) is 4.00. The van der Waals surface area contributed by atoms with Crippen LogP contribution in [0.15, 0.2) is 0 Å². The maximum absolute atomic E-state index is 5.73. The van der Waals surface area contributed by atoms with Gasteiger partial charge in [0.15, 0.2) is 0 Å². The number of hydrogen-bond donors (Lipinski definition) is 1. The summed E-state index contributed by atoms with van der Waals surface area (Å²) >= 11 is 0. The first-order valence-electron chi connectivity index (χ1n) is 8.45. The molecule has 4 heteroatoms. The summed E-state index contributed by atoms with van der Waals surface area (Å²) in [5.41, 5.74) is 5.55. The zero-order chi connectivity index (χ0) is 14.6. The molecule has 1 fully saturated rings. The summed E-state index contributed by atoms with van der Waals surface area (Å²) in [6.07, 6.45) is 4.86. The molecular formula is C16H35N3O. The van der Waals surface area contributed by atoms with E-state index in [1.165, 1.54) is 52.0 Å². The second-order valence-corrected chi connectivity index (χ2v) is 6.33. The highest BCUT2D eigenvalue weighted by molar-refractivity contribution is 4.69. The Bertz CT molecular complexity index is 224. The van der Waals surface area contributed by atoms with Crippen LogP contribution in [0.25, 0.3) is 0 Å². The fourth-order valence-electron chi connectivity index (χ4n) is 2.57. The van der Waals surface area contributed by atoms with Crippen LogP contribution in [0.5, 0.6) is 0 Å². The Kier molecular flexibility index (Phi) is 10.3. The Hall–Kier alpha value is -0.160. The molecule has 0 atom stereocenters. The van der Waals surface area contributed by atoms with E-state index >= 15 is 0 Å². The minimum absolute atomic E-state index is 0.746. The lowest BCUT2D eigenvalue weighted by Gasteiger charge is -2.21. The molecule has 0 unspecified atom stereocenters. The quantitative estimate of drug-likeness (QED) is 0.622. The van der Waals surface area contributed by atoms with E-state index in [-0.39, 0.29) is 0 Å². The maximum atomic E-state index is 5.73. The molecule has 1 heterocycles. The number of rotatable bonds is 10. The summed E-state index contributed by atoms with van der Waals surface area (Å²) in [6.45, 7) is 14.3. The molecule has 120 valence electrons. The van der Waals surface area contributed by atoms with E-state index in [1.807, 2.05) is 0 Å². The van der Waals surface area contributed by atoms with Crippen LogP contribution in [0, 0.1) is 5.92 Å². The monoisotopic (exact) mass is 285 g/mol. The fourth-order valence-corrected chi connectivity index (χ4v) is 2.57. The Morgan fingerprint density at radius 3 is 2.30 bits per heavy atom. The SMILES string of the molecule is CC(C)CCOCCN1CCCN(CCCCN)CC1. The number of nitrogens with zero attached hydrogens (tertiary/aromatic N) is 2. The van der Waals surface area contributed by atoms with Crippen LogP contribution >= 0.6 is 0 Å². The molecular weight excluding hydrogens is 250 g/mol. The molecule has 0 aromatic rings. The van der Waals surface area contributed by atoms with Gasteiger partial charge in [-0.25, -0.2) is 0 Å². The predicted octanol–water partition coefficient (Wildman–Crippen LogP) is 1.80. The second-order valence-electron chi connectivity index (χ2n) is 6.33. The van der Waals surface area contributed by atoms with Crippen LogP contribution in [0.4, 0.5) is 0 Å². The van der Waals surface area contributed by atoms with Gasteiger partial charge in [-0.2, -0.15) is 0 Å². The summed E-state index contributed by atoms with van der Waals surface area (Å²) in [4.78, 5) is 5.15. The van der Waals surface area contributed by atoms with Crippen molar-refractivity contribution in [2.75, 3.05) is 59.0 Å². The zero-order valence-electron chi connectivity index (χ0n) is 13.6. The Balaban J connectivity index is 2.04. The third-order valence-electron chi connectivity index (χ3n) is 4.00. The van der Waals surface area contributed by atoms with Gasteiger partial charge in [-0.3, -0.25) is 4.90 Å².